The van der Waals surface area contributed by atoms with Crippen LogP contribution in [0.25, 0.3) is 10.9 Å². The lowest BCUT2D eigenvalue weighted by atomic mass is 9.94. The summed E-state index contributed by atoms with van der Waals surface area (Å²) >= 11 is 6.47. The monoisotopic (exact) mass is 481 g/mol. The van der Waals surface area contributed by atoms with Crippen LogP contribution in [0, 0.1) is 5.41 Å². The van der Waals surface area contributed by atoms with E-state index in [1.165, 1.54) is 37.3 Å². The number of aromatic nitrogens is 3. The van der Waals surface area contributed by atoms with Crippen LogP contribution in [0.1, 0.15) is 36.9 Å². The number of halogens is 1. The second-order valence-electron chi connectivity index (χ2n) is 9.36. The number of benzene rings is 1. The molecule has 0 unspecified atom stereocenters. The van der Waals surface area contributed by atoms with E-state index in [1.807, 2.05) is 18.2 Å². The first-order valence-corrected chi connectivity index (χ1v) is 12.0. The molecule has 2 aromatic heterocycles. The molecular weight excluding hydrogens is 454 g/mol. The van der Waals surface area contributed by atoms with Gasteiger partial charge in [-0.05, 0) is 54.9 Å². The summed E-state index contributed by atoms with van der Waals surface area (Å²) in [6, 6.07) is 7.56. The van der Waals surface area contributed by atoms with Gasteiger partial charge in [0.2, 0.25) is 5.95 Å². The summed E-state index contributed by atoms with van der Waals surface area (Å²) in [5.41, 5.74) is 2.86. The number of piperidine rings is 1. The molecule has 0 atom stereocenters. The minimum absolute atomic E-state index is 0.136. The second kappa shape index (κ2) is 8.91. The Labute approximate surface area is 202 Å². The fourth-order valence-electron chi connectivity index (χ4n) is 4.65. The number of rotatable bonds is 6. The maximum absolute atomic E-state index is 12.6. The molecule has 1 aliphatic heterocycles. The Kier molecular flexibility index (Phi) is 5.93. The van der Waals surface area contributed by atoms with Gasteiger partial charge < -0.3 is 19.5 Å². The highest BCUT2D eigenvalue weighted by Crippen LogP contribution is 2.53. The Morgan fingerprint density at radius 1 is 1.21 bits per heavy atom. The van der Waals surface area contributed by atoms with E-state index in [0.29, 0.717) is 16.9 Å². The number of hydrogen-bond acceptors (Lipinski definition) is 6. The van der Waals surface area contributed by atoms with Crippen molar-refractivity contribution in [2.45, 2.75) is 32.1 Å². The number of nitrogens with zero attached hydrogens (tertiary/aromatic N) is 4. The quantitative estimate of drug-likeness (QED) is 0.582. The van der Waals surface area contributed by atoms with E-state index >= 15 is 0 Å². The van der Waals surface area contributed by atoms with Gasteiger partial charge in [-0.1, -0.05) is 17.7 Å². The molecule has 2 aliphatic rings. The lowest BCUT2D eigenvalue weighted by molar-refractivity contribution is -0.122. The van der Waals surface area contributed by atoms with Gasteiger partial charge in [0.25, 0.3) is 11.5 Å². The minimum atomic E-state index is -0.300. The third-order valence-electron chi connectivity index (χ3n) is 7.13. The lowest BCUT2D eigenvalue weighted by Crippen LogP contribution is -2.35. The number of pyridine rings is 1. The average Bonchev–Trinajstić information content (AvgIpc) is 3.60. The minimum Gasteiger partial charge on any atom is -0.478 e. The highest BCUT2D eigenvalue weighted by molar-refractivity contribution is 6.31. The van der Waals surface area contributed by atoms with Gasteiger partial charge in [-0.15, -0.1) is 0 Å². The van der Waals surface area contributed by atoms with Gasteiger partial charge in [0.05, 0.1) is 22.4 Å². The number of carbonyl (C=O) groups excluding carboxylic acids is 1. The molecule has 1 saturated heterocycles. The standard InChI is InChI=1S/C25H28ClN5O3/c1-27-22(32)15-34-21-13-17-11-16(3-4-20(17)30(2)23(21)33)12-19-18(26)14-28-24(29-19)31-9-7-25(5-6-25)8-10-31/h3-4,11,13-14H,5-10,12,15H2,1-2H3,(H,27,32). The molecule has 9 heteroatoms. The molecule has 1 amide bonds. The molecule has 1 spiro atoms. The van der Waals surface area contributed by atoms with Crippen molar-refractivity contribution in [3.05, 3.63) is 57.1 Å². The highest BCUT2D eigenvalue weighted by Gasteiger charge is 2.44. The van der Waals surface area contributed by atoms with Crippen LogP contribution in [0.4, 0.5) is 5.95 Å². The Hall–Kier alpha value is -3.13. The zero-order valence-electron chi connectivity index (χ0n) is 19.4. The zero-order valence-corrected chi connectivity index (χ0v) is 20.2. The van der Waals surface area contributed by atoms with Gasteiger partial charge in [-0.2, -0.15) is 0 Å². The van der Waals surface area contributed by atoms with Gasteiger partial charge in [0, 0.05) is 39.0 Å². The van der Waals surface area contributed by atoms with Gasteiger partial charge >= 0.3 is 0 Å². The van der Waals surface area contributed by atoms with Crippen LogP contribution in [0.15, 0.2) is 35.3 Å². The van der Waals surface area contributed by atoms with E-state index in [1.54, 1.807) is 19.3 Å². The van der Waals surface area contributed by atoms with Crippen LogP contribution in [-0.2, 0) is 18.3 Å². The fourth-order valence-corrected chi connectivity index (χ4v) is 4.81. The predicted molar refractivity (Wildman–Crippen MR) is 132 cm³/mol. The summed E-state index contributed by atoms with van der Waals surface area (Å²) in [6.07, 6.45) is 7.37. The molecule has 0 radical (unpaired) electrons. The normalized spacial score (nSPS) is 16.6. The third kappa shape index (κ3) is 4.46. The van der Waals surface area contributed by atoms with Crippen molar-refractivity contribution in [1.82, 2.24) is 19.9 Å². The molecule has 1 aliphatic carbocycles. The Morgan fingerprint density at radius 2 is 1.97 bits per heavy atom. The van der Waals surface area contributed by atoms with E-state index in [4.69, 9.17) is 21.3 Å². The Balaban J connectivity index is 1.39. The third-order valence-corrected chi connectivity index (χ3v) is 7.45. The van der Waals surface area contributed by atoms with Crippen LogP contribution in [0.5, 0.6) is 5.75 Å². The van der Waals surface area contributed by atoms with E-state index in [-0.39, 0.29) is 23.8 Å². The Morgan fingerprint density at radius 3 is 2.68 bits per heavy atom. The largest absolute Gasteiger partial charge is 0.478 e. The van der Waals surface area contributed by atoms with Crippen molar-refractivity contribution in [3.63, 3.8) is 0 Å². The number of fused-ring (bicyclic) bond motifs is 1. The molecule has 8 nitrogen and oxygen atoms in total. The number of likely N-dealkylation sites (N-methyl/N-ethyl adjacent to an activating group) is 1. The molecule has 3 aromatic rings. The maximum Gasteiger partial charge on any atom is 0.293 e. The van der Waals surface area contributed by atoms with Gasteiger partial charge in [-0.3, -0.25) is 9.59 Å². The van der Waals surface area contributed by atoms with Crippen molar-refractivity contribution >= 4 is 34.4 Å². The van der Waals surface area contributed by atoms with E-state index in [2.05, 4.69) is 15.2 Å². The first kappa shape index (κ1) is 22.7. The molecule has 1 N–H and O–H groups in total. The highest BCUT2D eigenvalue weighted by atomic mass is 35.5. The number of hydrogen-bond donors (Lipinski definition) is 1. The maximum atomic E-state index is 12.6. The predicted octanol–water partition coefficient (Wildman–Crippen LogP) is 3.08. The Bertz CT molecular complexity index is 1310. The number of ether oxygens (including phenoxy) is 1. The fraction of sp³-hybridized carbons (Fsp3) is 0.440. The molecule has 5 rings (SSSR count). The van der Waals surface area contributed by atoms with Crippen LogP contribution in [0.2, 0.25) is 5.02 Å². The van der Waals surface area contributed by atoms with Crippen LogP contribution in [-0.4, -0.2) is 47.2 Å². The number of amides is 1. The molecular formula is C25H28ClN5O3. The molecule has 2 fully saturated rings. The summed E-state index contributed by atoms with van der Waals surface area (Å²) in [4.78, 5) is 35.7. The second-order valence-corrected chi connectivity index (χ2v) is 9.76. The summed E-state index contributed by atoms with van der Waals surface area (Å²) in [5, 5.41) is 3.86. The summed E-state index contributed by atoms with van der Waals surface area (Å²) in [7, 11) is 3.21. The number of anilines is 1. The first-order chi connectivity index (χ1) is 16.4. The summed E-state index contributed by atoms with van der Waals surface area (Å²) in [6.45, 7) is 1.77. The van der Waals surface area contributed by atoms with Crippen molar-refractivity contribution < 1.29 is 9.53 Å². The summed E-state index contributed by atoms with van der Waals surface area (Å²) in [5.74, 6) is 0.575. The smallest absolute Gasteiger partial charge is 0.293 e. The number of aryl methyl sites for hydroxylation is 1. The topological polar surface area (TPSA) is 89.3 Å². The van der Waals surface area contributed by atoms with Crippen molar-refractivity contribution in [3.8, 4) is 5.75 Å². The van der Waals surface area contributed by atoms with Crippen LogP contribution in [0.3, 0.4) is 0 Å². The first-order valence-electron chi connectivity index (χ1n) is 11.6. The number of nitrogens with one attached hydrogen (secondary N) is 1. The zero-order chi connectivity index (χ0) is 23.9. The number of carbonyl (C=O) groups is 1. The van der Waals surface area contributed by atoms with Crippen LogP contribution < -0.4 is 20.5 Å². The molecule has 1 aromatic carbocycles. The van der Waals surface area contributed by atoms with Gasteiger partial charge in [0.1, 0.15) is 0 Å². The van der Waals surface area contributed by atoms with Crippen molar-refractivity contribution in [2.24, 2.45) is 12.5 Å². The van der Waals surface area contributed by atoms with E-state index in [9.17, 15) is 9.59 Å². The van der Waals surface area contributed by atoms with Crippen LogP contribution >= 0.6 is 11.6 Å². The molecule has 1 saturated carbocycles. The average molecular weight is 482 g/mol. The van der Waals surface area contributed by atoms with E-state index in [0.717, 1.165) is 41.2 Å². The molecule has 178 valence electrons. The van der Waals surface area contributed by atoms with E-state index < -0.39 is 0 Å². The lowest BCUT2D eigenvalue weighted by Gasteiger charge is -2.32. The SMILES string of the molecule is CNC(=O)COc1cc2cc(Cc3nc(N4CCC5(CC4)CC5)ncc3Cl)ccc2n(C)c1=O. The summed E-state index contributed by atoms with van der Waals surface area (Å²) < 4.78 is 6.99. The van der Waals surface area contributed by atoms with Crippen molar-refractivity contribution in [2.75, 3.05) is 31.6 Å². The van der Waals surface area contributed by atoms with Crippen molar-refractivity contribution in [1.29, 1.82) is 0 Å². The molecule has 3 heterocycles. The molecule has 0 bridgehead atoms. The molecule has 34 heavy (non-hydrogen) atoms. The van der Waals surface area contributed by atoms with Gasteiger partial charge in [0.15, 0.2) is 12.4 Å². The van der Waals surface area contributed by atoms with Gasteiger partial charge in [-0.25, -0.2) is 9.97 Å².